The Bertz CT molecular complexity index is 699. The fourth-order valence-electron chi connectivity index (χ4n) is 3.40. The highest BCUT2D eigenvalue weighted by atomic mass is 32.2. The monoisotopic (exact) mass is 338 g/mol. The van der Waals surface area contributed by atoms with E-state index < -0.39 is 9.84 Å². The summed E-state index contributed by atoms with van der Waals surface area (Å²) in [5.41, 5.74) is 0.718. The molecule has 23 heavy (non-hydrogen) atoms. The van der Waals surface area contributed by atoms with Gasteiger partial charge >= 0.3 is 0 Å². The summed E-state index contributed by atoms with van der Waals surface area (Å²) in [5.74, 6) is 0.817. The molecule has 3 rings (SSSR count). The van der Waals surface area contributed by atoms with Gasteiger partial charge in [-0.15, -0.1) is 0 Å². The Labute approximate surface area is 136 Å². The minimum atomic E-state index is -3.14. The van der Waals surface area contributed by atoms with Crippen LogP contribution in [0.2, 0.25) is 0 Å². The molecule has 2 aliphatic heterocycles. The van der Waals surface area contributed by atoms with Crippen molar-refractivity contribution in [3.8, 4) is 5.75 Å². The van der Waals surface area contributed by atoms with Gasteiger partial charge in [0, 0.05) is 11.7 Å². The summed E-state index contributed by atoms with van der Waals surface area (Å²) in [7, 11) is -1.55. The van der Waals surface area contributed by atoms with E-state index in [-0.39, 0.29) is 41.5 Å². The van der Waals surface area contributed by atoms with Gasteiger partial charge < -0.3 is 9.64 Å². The molecule has 126 valence electrons. The van der Waals surface area contributed by atoms with Crippen molar-refractivity contribution >= 4 is 21.4 Å². The predicted octanol–water partition coefficient (Wildman–Crippen LogP) is 0.822. The highest BCUT2D eigenvalue weighted by Gasteiger charge is 2.49. The summed E-state index contributed by atoms with van der Waals surface area (Å²) in [5, 5.41) is 3.25. The number of nitrogens with zero attached hydrogens (tertiary/aromatic N) is 1. The average Bonchev–Trinajstić information content (AvgIpc) is 2.80. The fraction of sp³-hybridized carbons (Fsp3) is 0.562. The zero-order chi connectivity index (χ0) is 16.8. The number of carbonyl (C=O) groups is 1. The van der Waals surface area contributed by atoms with E-state index in [0.29, 0.717) is 5.75 Å². The Hall–Kier alpha value is -1.60. The molecule has 1 amide bonds. The Kier molecular flexibility index (Phi) is 4.10. The lowest BCUT2D eigenvalue weighted by Crippen LogP contribution is -2.66. The van der Waals surface area contributed by atoms with Crippen molar-refractivity contribution in [2.45, 2.75) is 32.0 Å². The first kappa shape index (κ1) is 16.3. The Balaban J connectivity index is 2.00. The third-order valence-electron chi connectivity index (χ3n) is 4.57. The first-order chi connectivity index (χ1) is 10.8. The first-order valence-corrected chi connectivity index (χ1v) is 9.58. The van der Waals surface area contributed by atoms with E-state index in [0.717, 1.165) is 5.69 Å². The minimum absolute atomic E-state index is 0.00719. The number of amides is 1. The second-order valence-electron chi connectivity index (χ2n) is 6.55. The third kappa shape index (κ3) is 2.95. The molecule has 0 aliphatic carbocycles. The Morgan fingerprint density at radius 3 is 2.43 bits per heavy atom. The van der Waals surface area contributed by atoms with Crippen LogP contribution in [-0.4, -0.2) is 51.1 Å². The first-order valence-electron chi connectivity index (χ1n) is 7.76. The van der Waals surface area contributed by atoms with E-state index in [1.165, 1.54) is 0 Å². The van der Waals surface area contributed by atoms with Crippen molar-refractivity contribution in [2.75, 3.05) is 23.5 Å². The zero-order valence-electron chi connectivity index (χ0n) is 13.5. The number of rotatable bonds is 3. The highest BCUT2D eigenvalue weighted by Crippen LogP contribution is 2.31. The van der Waals surface area contributed by atoms with Crippen LogP contribution >= 0.6 is 0 Å². The van der Waals surface area contributed by atoms with Gasteiger partial charge in [0.1, 0.15) is 5.75 Å². The molecule has 1 N–H and O–H groups in total. The summed E-state index contributed by atoms with van der Waals surface area (Å²) in [6.45, 7) is 3.93. The molecule has 1 aromatic rings. The van der Waals surface area contributed by atoms with Crippen molar-refractivity contribution in [1.82, 2.24) is 5.32 Å². The molecule has 0 spiro atoms. The van der Waals surface area contributed by atoms with Gasteiger partial charge in [-0.05, 0) is 30.2 Å². The van der Waals surface area contributed by atoms with Crippen LogP contribution in [0.3, 0.4) is 0 Å². The van der Waals surface area contributed by atoms with Crippen LogP contribution in [-0.2, 0) is 14.6 Å². The van der Waals surface area contributed by atoms with Gasteiger partial charge in [-0.2, -0.15) is 0 Å². The van der Waals surface area contributed by atoms with E-state index in [1.54, 1.807) is 36.3 Å². The number of sulfone groups is 1. The van der Waals surface area contributed by atoms with E-state index in [1.807, 2.05) is 13.8 Å². The SMILES string of the molecule is COc1ccc(N2C(=O)[C@H](C(C)C)N[C@@H]3CS(=O)(=O)C[C@@H]32)cc1. The summed E-state index contributed by atoms with van der Waals surface area (Å²) in [6, 6.07) is 6.25. The average molecular weight is 338 g/mol. The number of anilines is 1. The van der Waals surface area contributed by atoms with E-state index in [9.17, 15) is 13.2 Å². The van der Waals surface area contributed by atoms with Crippen molar-refractivity contribution in [3.63, 3.8) is 0 Å². The lowest BCUT2D eigenvalue weighted by atomic mass is 9.94. The number of nitrogens with one attached hydrogen (secondary N) is 1. The third-order valence-corrected chi connectivity index (χ3v) is 6.29. The molecule has 0 saturated carbocycles. The molecular weight excluding hydrogens is 316 g/mol. The van der Waals surface area contributed by atoms with E-state index >= 15 is 0 Å². The standard InChI is InChI=1S/C16H22N2O4S/c1-10(2)15-16(19)18(11-4-6-12(22-3)7-5-11)14-9-23(20,21)8-13(14)17-15/h4-7,10,13-15,17H,8-9H2,1-3H3/t13-,14+,15+/m1/s1. The number of methoxy groups -OCH3 is 1. The van der Waals surface area contributed by atoms with Gasteiger partial charge in [0.05, 0.1) is 30.7 Å². The zero-order valence-corrected chi connectivity index (χ0v) is 14.3. The highest BCUT2D eigenvalue weighted by molar-refractivity contribution is 7.91. The number of fused-ring (bicyclic) bond motifs is 1. The number of hydrogen-bond donors (Lipinski definition) is 1. The van der Waals surface area contributed by atoms with Crippen LogP contribution in [0.5, 0.6) is 5.75 Å². The molecule has 0 radical (unpaired) electrons. The largest absolute Gasteiger partial charge is 0.497 e. The molecule has 3 atom stereocenters. The molecule has 1 aromatic carbocycles. The molecule has 2 saturated heterocycles. The molecule has 0 bridgehead atoms. The molecular formula is C16H22N2O4S. The van der Waals surface area contributed by atoms with Crippen LogP contribution in [0.1, 0.15) is 13.8 Å². The van der Waals surface area contributed by atoms with Crippen molar-refractivity contribution in [1.29, 1.82) is 0 Å². The molecule has 0 unspecified atom stereocenters. The molecule has 0 aromatic heterocycles. The number of carbonyl (C=O) groups excluding carboxylic acids is 1. The number of hydrogen-bond acceptors (Lipinski definition) is 5. The van der Waals surface area contributed by atoms with Crippen molar-refractivity contribution < 1.29 is 17.9 Å². The summed E-state index contributed by atoms with van der Waals surface area (Å²) < 4.78 is 29.3. The Morgan fingerprint density at radius 1 is 1.22 bits per heavy atom. The van der Waals surface area contributed by atoms with Crippen LogP contribution in [0, 0.1) is 5.92 Å². The smallest absolute Gasteiger partial charge is 0.244 e. The van der Waals surface area contributed by atoms with Gasteiger partial charge in [0.15, 0.2) is 9.84 Å². The molecule has 2 heterocycles. The number of piperazine rings is 1. The van der Waals surface area contributed by atoms with Gasteiger partial charge in [-0.1, -0.05) is 13.8 Å². The van der Waals surface area contributed by atoms with Gasteiger partial charge in [0.25, 0.3) is 0 Å². The maximum atomic E-state index is 12.9. The summed E-state index contributed by atoms with van der Waals surface area (Å²) in [6.07, 6.45) is 0. The lowest BCUT2D eigenvalue weighted by molar-refractivity contribution is -0.123. The van der Waals surface area contributed by atoms with E-state index in [4.69, 9.17) is 4.74 Å². The molecule has 2 aliphatic rings. The van der Waals surface area contributed by atoms with Crippen LogP contribution in [0.15, 0.2) is 24.3 Å². The number of benzene rings is 1. The molecule has 2 fully saturated rings. The topological polar surface area (TPSA) is 75.7 Å². The fourth-order valence-corrected chi connectivity index (χ4v) is 5.30. The quantitative estimate of drug-likeness (QED) is 0.883. The minimum Gasteiger partial charge on any atom is -0.497 e. The Morgan fingerprint density at radius 2 is 1.87 bits per heavy atom. The molecule has 6 nitrogen and oxygen atoms in total. The lowest BCUT2D eigenvalue weighted by Gasteiger charge is -2.42. The van der Waals surface area contributed by atoms with Crippen LogP contribution in [0.25, 0.3) is 0 Å². The van der Waals surface area contributed by atoms with Gasteiger partial charge in [0.2, 0.25) is 5.91 Å². The normalized spacial score (nSPS) is 29.7. The summed E-state index contributed by atoms with van der Waals surface area (Å²) in [4.78, 5) is 14.6. The van der Waals surface area contributed by atoms with E-state index in [2.05, 4.69) is 5.32 Å². The van der Waals surface area contributed by atoms with Crippen LogP contribution in [0.4, 0.5) is 5.69 Å². The predicted molar refractivity (Wildman–Crippen MR) is 88.5 cm³/mol. The van der Waals surface area contributed by atoms with Gasteiger partial charge in [-0.3, -0.25) is 10.1 Å². The van der Waals surface area contributed by atoms with Crippen molar-refractivity contribution in [3.05, 3.63) is 24.3 Å². The summed E-state index contributed by atoms with van der Waals surface area (Å²) >= 11 is 0. The molecule has 7 heteroatoms. The van der Waals surface area contributed by atoms with Gasteiger partial charge in [-0.25, -0.2) is 8.42 Å². The second kappa shape index (κ2) is 5.79. The maximum absolute atomic E-state index is 12.9. The second-order valence-corrected chi connectivity index (χ2v) is 8.70. The number of ether oxygens (including phenoxy) is 1. The van der Waals surface area contributed by atoms with Crippen LogP contribution < -0.4 is 15.0 Å². The van der Waals surface area contributed by atoms with Crippen molar-refractivity contribution in [2.24, 2.45) is 5.92 Å². The maximum Gasteiger partial charge on any atom is 0.244 e.